The number of ether oxygens (including phenoxy) is 1. The maximum atomic E-state index is 11.7. The van der Waals surface area contributed by atoms with E-state index in [4.69, 9.17) is 9.15 Å². The number of carbonyl (C=O) groups excluding carboxylic acids is 1. The molecule has 0 aliphatic rings. The Labute approximate surface area is 155 Å². The molecule has 0 saturated carbocycles. The second-order valence-electron chi connectivity index (χ2n) is 5.65. The van der Waals surface area contributed by atoms with Crippen LogP contribution >= 0.6 is 11.8 Å². The molecule has 1 aromatic carbocycles. The summed E-state index contributed by atoms with van der Waals surface area (Å²) in [5.41, 5.74) is 1.96. The zero-order chi connectivity index (χ0) is 18.2. The van der Waals surface area contributed by atoms with E-state index in [0.717, 1.165) is 23.3 Å². The Hall–Kier alpha value is -2.39. The number of hydrogen-bond acceptors (Lipinski definition) is 7. The number of H-pyrrole nitrogens is 1. The number of nitrogens with one attached hydrogen (secondary N) is 2. The minimum absolute atomic E-state index is 0.0619. The molecule has 2 heterocycles. The number of amides is 1. The van der Waals surface area contributed by atoms with Gasteiger partial charge >= 0.3 is 0 Å². The molecule has 3 rings (SSSR count). The fourth-order valence-corrected chi connectivity index (χ4v) is 2.98. The molecule has 2 N–H and O–H groups in total. The van der Waals surface area contributed by atoms with Gasteiger partial charge in [0.2, 0.25) is 11.8 Å². The van der Waals surface area contributed by atoms with E-state index >= 15 is 0 Å². The van der Waals surface area contributed by atoms with Crippen molar-refractivity contribution in [3.05, 3.63) is 36.0 Å². The van der Waals surface area contributed by atoms with Crippen LogP contribution in [-0.4, -0.2) is 52.1 Å². The molecule has 0 radical (unpaired) electrons. The van der Waals surface area contributed by atoms with E-state index < -0.39 is 0 Å². The van der Waals surface area contributed by atoms with Crippen LogP contribution < -0.4 is 5.32 Å². The summed E-state index contributed by atoms with van der Waals surface area (Å²) in [6, 6.07) is 7.90. The third kappa shape index (κ3) is 5.30. The van der Waals surface area contributed by atoms with E-state index in [0.29, 0.717) is 37.1 Å². The van der Waals surface area contributed by atoms with Crippen LogP contribution in [0.2, 0.25) is 0 Å². The number of methoxy groups -OCH3 is 1. The Bertz CT molecular complexity index is 815. The van der Waals surface area contributed by atoms with Crippen LogP contribution in [0.4, 0.5) is 0 Å². The fraction of sp³-hybridized carbons (Fsp3) is 0.412. The summed E-state index contributed by atoms with van der Waals surface area (Å²) in [5.74, 6) is 1.61. The largest absolute Gasteiger partial charge is 0.416 e. The van der Waals surface area contributed by atoms with E-state index in [1.54, 1.807) is 7.11 Å². The third-order valence-electron chi connectivity index (χ3n) is 3.64. The van der Waals surface area contributed by atoms with E-state index in [-0.39, 0.29) is 11.7 Å². The maximum absolute atomic E-state index is 11.7. The highest BCUT2D eigenvalue weighted by Crippen LogP contribution is 2.17. The van der Waals surface area contributed by atoms with Crippen LogP contribution in [0.15, 0.2) is 33.9 Å². The Kier molecular flexibility index (Phi) is 6.62. The molecule has 138 valence electrons. The molecule has 0 aliphatic carbocycles. The SMILES string of the molecule is COCCCNC(=O)CSc1nnc(CCc2nc3ccccc3[nH]2)o1. The molecule has 2 aromatic heterocycles. The third-order valence-corrected chi connectivity index (χ3v) is 4.46. The number of imidazole rings is 1. The highest BCUT2D eigenvalue weighted by atomic mass is 32.2. The summed E-state index contributed by atoms with van der Waals surface area (Å²) in [5, 5.41) is 11.2. The molecule has 8 nitrogen and oxygen atoms in total. The van der Waals surface area contributed by atoms with Gasteiger partial charge in [-0.3, -0.25) is 4.79 Å². The highest BCUT2D eigenvalue weighted by Gasteiger charge is 2.11. The van der Waals surface area contributed by atoms with Crippen LogP contribution in [-0.2, 0) is 22.4 Å². The number of aromatic amines is 1. The van der Waals surface area contributed by atoms with Crippen molar-refractivity contribution in [2.24, 2.45) is 0 Å². The number of carbonyl (C=O) groups is 1. The number of para-hydroxylation sites is 2. The quantitative estimate of drug-likeness (QED) is 0.412. The van der Waals surface area contributed by atoms with Gasteiger partial charge in [0.15, 0.2) is 0 Å². The van der Waals surface area contributed by atoms with Crippen LogP contribution in [0, 0.1) is 0 Å². The summed E-state index contributed by atoms with van der Waals surface area (Å²) in [6.07, 6.45) is 2.07. The van der Waals surface area contributed by atoms with Crippen molar-refractivity contribution in [3.63, 3.8) is 0 Å². The van der Waals surface area contributed by atoms with Gasteiger partial charge in [-0.25, -0.2) is 4.98 Å². The molecule has 0 bridgehead atoms. The average molecular weight is 375 g/mol. The van der Waals surface area contributed by atoms with E-state index in [1.165, 1.54) is 11.8 Å². The topological polar surface area (TPSA) is 106 Å². The summed E-state index contributed by atoms with van der Waals surface area (Å²) in [7, 11) is 1.64. The lowest BCUT2D eigenvalue weighted by atomic mass is 10.3. The van der Waals surface area contributed by atoms with Gasteiger partial charge in [0, 0.05) is 33.1 Å². The molecule has 0 atom stereocenters. The van der Waals surface area contributed by atoms with Crippen molar-refractivity contribution in [1.82, 2.24) is 25.5 Å². The van der Waals surface area contributed by atoms with Gasteiger partial charge < -0.3 is 19.5 Å². The first-order valence-corrected chi connectivity index (χ1v) is 9.37. The molecule has 0 saturated heterocycles. The smallest absolute Gasteiger partial charge is 0.277 e. The minimum Gasteiger partial charge on any atom is -0.416 e. The van der Waals surface area contributed by atoms with Crippen LogP contribution in [0.3, 0.4) is 0 Å². The zero-order valence-electron chi connectivity index (χ0n) is 14.5. The molecule has 0 fully saturated rings. The van der Waals surface area contributed by atoms with Gasteiger partial charge in [-0.15, -0.1) is 10.2 Å². The Morgan fingerprint density at radius 3 is 3.04 bits per heavy atom. The molecule has 0 aliphatic heterocycles. The Balaban J connectivity index is 1.42. The molecule has 9 heteroatoms. The maximum Gasteiger partial charge on any atom is 0.277 e. The van der Waals surface area contributed by atoms with E-state index in [2.05, 4.69) is 25.5 Å². The van der Waals surface area contributed by atoms with Gasteiger partial charge in [0.1, 0.15) is 5.82 Å². The second-order valence-corrected chi connectivity index (χ2v) is 6.57. The summed E-state index contributed by atoms with van der Waals surface area (Å²) in [6.45, 7) is 1.23. The van der Waals surface area contributed by atoms with Gasteiger partial charge in [-0.1, -0.05) is 23.9 Å². The predicted octanol–water partition coefficient (Wildman–Crippen LogP) is 1.98. The molecule has 3 aromatic rings. The number of rotatable bonds is 10. The molecule has 0 unspecified atom stereocenters. The number of fused-ring (bicyclic) bond motifs is 1. The van der Waals surface area contributed by atoms with Crippen molar-refractivity contribution in [3.8, 4) is 0 Å². The number of aromatic nitrogens is 4. The van der Waals surface area contributed by atoms with Crippen LogP contribution in [0.1, 0.15) is 18.1 Å². The van der Waals surface area contributed by atoms with Gasteiger partial charge in [-0.05, 0) is 18.6 Å². The van der Waals surface area contributed by atoms with Crippen molar-refractivity contribution >= 4 is 28.7 Å². The fourth-order valence-electron chi connectivity index (χ4n) is 2.37. The van der Waals surface area contributed by atoms with Gasteiger partial charge in [-0.2, -0.15) is 0 Å². The lowest BCUT2D eigenvalue weighted by molar-refractivity contribution is -0.118. The first kappa shape index (κ1) is 18.4. The van der Waals surface area contributed by atoms with Crippen molar-refractivity contribution in [2.75, 3.05) is 26.0 Å². The lowest BCUT2D eigenvalue weighted by Crippen LogP contribution is -2.26. The van der Waals surface area contributed by atoms with Crippen LogP contribution in [0.5, 0.6) is 0 Å². The van der Waals surface area contributed by atoms with Crippen molar-refractivity contribution in [2.45, 2.75) is 24.5 Å². The number of thioether (sulfide) groups is 1. The minimum atomic E-state index is -0.0619. The number of hydrogen-bond donors (Lipinski definition) is 2. The van der Waals surface area contributed by atoms with E-state index in [1.807, 2.05) is 24.3 Å². The summed E-state index contributed by atoms with van der Waals surface area (Å²) < 4.78 is 10.5. The second kappa shape index (κ2) is 9.35. The average Bonchev–Trinajstić information content (AvgIpc) is 3.28. The molecular weight excluding hydrogens is 354 g/mol. The van der Waals surface area contributed by atoms with Gasteiger partial charge in [0.05, 0.1) is 16.8 Å². The van der Waals surface area contributed by atoms with E-state index in [9.17, 15) is 4.79 Å². The first-order valence-electron chi connectivity index (χ1n) is 8.39. The summed E-state index contributed by atoms with van der Waals surface area (Å²) >= 11 is 1.23. The number of nitrogens with zero attached hydrogens (tertiary/aromatic N) is 3. The highest BCUT2D eigenvalue weighted by molar-refractivity contribution is 7.99. The van der Waals surface area contributed by atoms with Gasteiger partial charge in [0.25, 0.3) is 5.22 Å². The predicted molar refractivity (Wildman–Crippen MR) is 98.0 cm³/mol. The standard InChI is InChI=1S/C17H21N5O3S/c1-24-10-4-9-18-15(23)11-26-17-22-21-16(25-17)8-7-14-19-12-5-2-3-6-13(12)20-14/h2-3,5-6H,4,7-11H2,1H3,(H,18,23)(H,19,20). The van der Waals surface area contributed by atoms with Crippen molar-refractivity contribution < 1.29 is 13.9 Å². The Morgan fingerprint density at radius 2 is 2.19 bits per heavy atom. The zero-order valence-corrected chi connectivity index (χ0v) is 15.3. The molecule has 0 spiro atoms. The molecule has 26 heavy (non-hydrogen) atoms. The normalized spacial score (nSPS) is 11.1. The number of benzene rings is 1. The van der Waals surface area contributed by atoms with Crippen molar-refractivity contribution in [1.29, 1.82) is 0 Å². The lowest BCUT2D eigenvalue weighted by Gasteiger charge is -2.02. The summed E-state index contributed by atoms with van der Waals surface area (Å²) in [4.78, 5) is 19.5. The van der Waals surface area contributed by atoms with Crippen LogP contribution in [0.25, 0.3) is 11.0 Å². The molecular formula is C17H21N5O3S. The first-order chi connectivity index (χ1) is 12.7. The molecule has 1 amide bonds. The number of aryl methyl sites for hydroxylation is 2. The monoisotopic (exact) mass is 375 g/mol. The Morgan fingerprint density at radius 1 is 1.31 bits per heavy atom.